The van der Waals surface area contributed by atoms with Gasteiger partial charge >= 0.3 is 5.97 Å². The van der Waals surface area contributed by atoms with Gasteiger partial charge in [-0.25, -0.2) is 4.79 Å². The van der Waals surface area contributed by atoms with Crippen LogP contribution in [0.1, 0.15) is 86.5 Å². The van der Waals surface area contributed by atoms with Crippen LogP contribution < -0.4 is 20.9 Å². The normalized spacial score (nSPS) is 19.9. The molecule has 0 saturated heterocycles. The number of amides is 1. The van der Waals surface area contributed by atoms with Gasteiger partial charge in [0.05, 0.1) is 17.0 Å². The van der Waals surface area contributed by atoms with Crippen LogP contribution in [-0.4, -0.2) is 45.8 Å². The molecular weight excluding hydrogens is 486 g/mol. The zero-order valence-corrected chi connectivity index (χ0v) is 22.6. The van der Waals surface area contributed by atoms with Gasteiger partial charge in [-0.1, -0.05) is 18.9 Å². The van der Waals surface area contributed by atoms with Gasteiger partial charge in [-0.3, -0.25) is 9.59 Å². The number of nitrogens with one attached hydrogen (secondary N) is 2. The largest absolute Gasteiger partial charge is 0.490 e. The minimum absolute atomic E-state index is 0.0281. The Balaban J connectivity index is 1.70. The summed E-state index contributed by atoms with van der Waals surface area (Å²) < 4.78 is 13.2. The van der Waals surface area contributed by atoms with E-state index in [0.717, 1.165) is 50.6 Å². The molecule has 1 aliphatic heterocycles. The summed E-state index contributed by atoms with van der Waals surface area (Å²) in [7, 11) is 1.52. The van der Waals surface area contributed by atoms with Crippen LogP contribution in [0.2, 0.25) is 0 Å². The Kier molecular flexibility index (Phi) is 6.75. The molecule has 1 aromatic carbocycles. The molecule has 2 aliphatic carbocycles. The molecule has 2 saturated carbocycles. The standard InChI is InChI=1S/C29H37N3O6/c1-17-21(18-8-9-20-19(16-18)30-14-15-37-20)23(24(27(35)36)38-29(3)12-7-13-29)32(4)26(34)22(17)25(33)31-28(2)10-5-6-11-28/h8-9,16,24,30H,5-7,10-15H2,1-4H3,(H,31,33)(H,35,36)/t24-/m0/s1. The van der Waals surface area contributed by atoms with Crippen molar-refractivity contribution < 1.29 is 24.2 Å². The van der Waals surface area contributed by atoms with Gasteiger partial charge in [-0.2, -0.15) is 0 Å². The first-order valence-corrected chi connectivity index (χ1v) is 13.5. The molecule has 2 fully saturated rings. The lowest BCUT2D eigenvalue weighted by molar-refractivity contribution is -0.175. The lowest BCUT2D eigenvalue weighted by Crippen LogP contribution is -2.47. The van der Waals surface area contributed by atoms with Crippen molar-refractivity contribution in [3.05, 3.63) is 45.4 Å². The van der Waals surface area contributed by atoms with Crippen LogP contribution in [0.15, 0.2) is 23.0 Å². The summed E-state index contributed by atoms with van der Waals surface area (Å²) >= 11 is 0. The number of ether oxygens (including phenoxy) is 2. The molecule has 3 aliphatic rings. The molecule has 2 heterocycles. The van der Waals surface area contributed by atoms with E-state index in [2.05, 4.69) is 10.6 Å². The summed E-state index contributed by atoms with van der Waals surface area (Å²) in [5.74, 6) is -0.911. The highest BCUT2D eigenvalue weighted by molar-refractivity contribution is 5.98. The molecule has 38 heavy (non-hydrogen) atoms. The van der Waals surface area contributed by atoms with Gasteiger partial charge in [0, 0.05) is 24.7 Å². The molecular formula is C29H37N3O6. The van der Waals surface area contributed by atoms with Gasteiger partial charge in [0.2, 0.25) is 0 Å². The van der Waals surface area contributed by atoms with E-state index in [1.807, 2.05) is 32.0 Å². The Morgan fingerprint density at radius 1 is 1.16 bits per heavy atom. The minimum Gasteiger partial charge on any atom is -0.490 e. The molecule has 0 spiro atoms. The number of carbonyl (C=O) groups is 2. The van der Waals surface area contributed by atoms with Crippen LogP contribution in [0, 0.1) is 6.92 Å². The van der Waals surface area contributed by atoms with E-state index in [-0.39, 0.29) is 16.8 Å². The number of carboxylic acid groups (broad SMARTS) is 1. The van der Waals surface area contributed by atoms with Crippen molar-refractivity contribution in [1.29, 1.82) is 0 Å². The molecule has 0 bridgehead atoms. The molecule has 3 N–H and O–H groups in total. The number of aromatic nitrogens is 1. The Labute approximate surface area is 222 Å². The zero-order chi connectivity index (χ0) is 27.2. The van der Waals surface area contributed by atoms with Crippen LogP contribution in [0.4, 0.5) is 5.69 Å². The van der Waals surface area contributed by atoms with Crippen molar-refractivity contribution in [2.45, 2.75) is 83.0 Å². The first-order chi connectivity index (χ1) is 18.0. The second-order valence-corrected chi connectivity index (χ2v) is 11.5. The average Bonchev–Trinajstić information content (AvgIpc) is 3.29. The van der Waals surface area contributed by atoms with Gasteiger partial charge in [-0.05, 0) is 76.1 Å². The molecule has 1 atom stereocenters. The van der Waals surface area contributed by atoms with E-state index in [1.54, 1.807) is 6.92 Å². The molecule has 204 valence electrons. The number of benzene rings is 1. The highest BCUT2D eigenvalue weighted by atomic mass is 16.5. The van der Waals surface area contributed by atoms with E-state index in [0.29, 0.717) is 35.6 Å². The second kappa shape index (κ2) is 9.76. The number of hydrogen-bond donors (Lipinski definition) is 3. The highest BCUT2D eigenvalue weighted by Crippen LogP contribution is 2.43. The van der Waals surface area contributed by atoms with Gasteiger partial charge in [-0.15, -0.1) is 0 Å². The number of pyridine rings is 1. The third-order valence-corrected chi connectivity index (χ3v) is 8.47. The van der Waals surface area contributed by atoms with E-state index >= 15 is 0 Å². The Hall–Kier alpha value is -3.33. The Morgan fingerprint density at radius 3 is 2.50 bits per heavy atom. The number of fused-ring (bicyclic) bond motifs is 1. The summed E-state index contributed by atoms with van der Waals surface area (Å²) in [4.78, 5) is 40.0. The van der Waals surface area contributed by atoms with E-state index in [9.17, 15) is 19.5 Å². The topological polar surface area (TPSA) is 119 Å². The van der Waals surface area contributed by atoms with E-state index in [1.165, 1.54) is 11.6 Å². The van der Waals surface area contributed by atoms with Crippen LogP contribution in [0.3, 0.4) is 0 Å². The van der Waals surface area contributed by atoms with Gasteiger partial charge in [0.25, 0.3) is 11.5 Å². The molecule has 0 radical (unpaired) electrons. The molecule has 0 unspecified atom stereocenters. The Morgan fingerprint density at radius 2 is 1.87 bits per heavy atom. The molecule has 2 aromatic rings. The van der Waals surface area contributed by atoms with Crippen LogP contribution in [0.5, 0.6) is 5.75 Å². The minimum atomic E-state index is -1.38. The third kappa shape index (κ3) is 4.68. The van der Waals surface area contributed by atoms with Gasteiger partial charge < -0.3 is 29.8 Å². The number of hydrogen-bond acceptors (Lipinski definition) is 6. The SMILES string of the molecule is Cc1c(-c2ccc3c(c2)NCCO3)c([C@H](OC2(C)CCC2)C(=O)O)n(C)c(=O)c1C(=O)NC1(C)CCCC1. The fraction of sp³-hybridized carbons (Fsp3) is 0.552. The number of aliphatic carboxylic acids is 1. The summed E-state index contributed by atoms with van der Waals surface area (Å²) in [6.45, 7) is 6.82. The first-order valence-electron chi connectivity index (χ1n) is 13.5. The summed E-state index contributed by atoms with van der Waals surface area (Å²) in [6, 6.07) is 5.55. The predicted octanol–water partition coefficient (Wildman–Crippen LogP) is 4.31. The second-order valence-electron chi connectivity index (χ2n) is 11.5. The maximum absolute atomic E-state index is 13.7. The van der Waals surface area contributed by atoms with Crippen LogP contribution in [-0.2, 0) is 16.6 Å². The van der Waals surface area contributed by atoms with Crippen molar-refractivity contribution in [3.63, 3.8) is 0 Å². The number of anilines is 1. The number of carbonyl (C=O) groups excluding carboxylic acids is 1. The molecule has 5 rings (SSSR count). The number of rotatable bonds is 7. The quantitative estimate of drug-likeness (QED) is 0.495. The predicted molar refractivity (Wildman–Crippen MR) is 144 cm³/mol. The number of nitrogens with zero attached hydrogens (tertiary/aromatic N) is 1. The van der Waals surface area contributed by atoms with Crippen LogP contribution in [0.25, 0.3) is 11.1 Å². The molecule has 1 amide bonds. The van der Waals surface area contributed by atoms with Crippen molar-refractivity contribution >= 4 is 17.6 Å². The van der Waals surface area contributed by atoms with Crippen molar-refractivity contribution in [3.8, 4) is 16.9 Å². The third-order valence-electron chi connectivity index (χ3n) is 8.47. The lowest BCUT2D eigenvalue weighted by Gasteiger charge is -2.40. The molecule has 9 heteroatoms. The highest BCUT2D eigenvalue weighted by Gasteiger charge is 2.41. The van der Waals surface area contributed by atoms with Crippen molar-refractivity contribution in [1.82, 2.24) is 9.88 Å². The zero-order valence-electron chi connectivity index (χ0n) is 22.6. The van der Waals surface area contributed by atoms with Crippen molar-refractivity contribution in [2.24, 2.45) is 7.05 Å². The smallest absolute Gasteiger partial charge is 0.339 e. The monoisotopic (exact) mass is 523 g/mol. The summed E-state index contributed by atoms with van der Waals surface area (Å²) in [6.07, 6.45) is 4.84. The maximum Gasteiger partial charge on any atom is 0.339 e. The van der Waals surface area contributed by atoms with Crippen molar-refractivity contribution in [2.75, 3.05) is 18.5 Å². The first kappa shape index (κ1) is 26.3. The lowest BCUT2D eigenvalue weighted by atomic mass is 9.81. The number of carboxylic acids is 1. The van der Waals surface area contributed by atoms with E-state index < -0.39 is 29.1 Å². The fourth-order valence-electron chi connectivity index (χ4n) is 6.07. The van der Waals surface area contributed by atoms with Gasteiger partial charge in [0.1, 0.15) is 17.9 Å². The van der Waals surface area contributed by atoms with Crippen LogP contribution >= 0.6 is 0 Å². The summed E-state index contributed by atoms with van der Waals surface area (Å²) in [5, 5.41) is 16.8. The van der Waals surface area contributed by atoms with Gasteiger partial charge in [0.15, 0.2) is 6.10 Å². The molecule has 1 aromatic heterocycles. The maximum atomic E-state index is 13.7. The molecule has 9 nitrogen and oxygen atoms in total. The summed E-state index contributed by atoms with van der Waals surface area (Å²) in [5.41, 5.74) is 1.18. The Bertz CT molecular complexity index is 1340. The van der Waals surface area contributed by atoms with E-state index in [4.69, 9.17) is 9.47 Å². The average molecular weight is 524 g/mol. The fourth-order valence-corrected chi connectivity index (χ4v) is 6.07.